The van der Waals surface area contributed by atoms with Gasteiger partial charge in [-0.3, -0.25) is 4.90 Å². The summed E-state index contributed by atoms with van der Waals surface area (Å²) in [4.78, 5) is 17.4. The van der Waals surface area contributed by atoms with E-state index >= 15 is 0 Å². The molecule has 0 atom stereocenters. The van der Waals surface area contributed by atoms with Crippen LogP contribution >= 0.6 is 0 Å². The first-order valence-corrected chi connectivity index (χ1v) is 7.10. The van der Waals surface area contributed by atoms with Crippen LogP contribution in [0.4, 0.5) is 4.79 Å². The van der Waals surface area contributed by atoms with E-state index in [2.05, 4.69) is 37.0 Å². The van der Waals surface area contributed by atoms with E-state index in [-0.39, 0.29) is 11.6 Å². The maximum absolute atomic E-state index is 12.1. The molecular weight excluding hydrogens is 252 g/mol. The molecule has 0 saturated heterocycles. The summed E-state index contributed by atoms with van der Waals surface area (Å²) in [6.45, 7) is 7.07. The number of aromatic amines is 1. The number of hydrogen-bond acceptors (Lipinski definition) is 2. The zero-order valence-electron chi connectivity index (χ0n) is 12.2. The molecule has 1 aliphatic heterocycles. The number of rotatable bonds is 1. The molecule has 4 heteroatoms. The van der Waals surface area contributed by atoms with Crippen molar-refractivity contribution in [1.82, 2.24) is 9.88 Å². The molecule has 0 aliphatic carbocycles. The van der Waals surface area contributed by atoms with Crippen LogP contribution < -0.4 is 0 Å². The van der Waals surface area contributed by atoms with Gasteiger partial charge in [-0.1, -0.05) is 18.2 Å². The first-order valence-electron chi connectivity index (χ1n) is 7.10. The molecule has 0 radical (unpaired) electrons. The van der Waals surface area contributed by atoms with E-state index in [1.165, 1.54) is 10.9 Å². The Morgan fingerprint density at radius 3 is 2.90 bits per heavy atom. The summed E-state index contributed by atoms with van der Waals surface area (Å²) in [6.07, 6.45) is 0.628. The van der Waals surface area contributed by atoms with E-state index in [4.69, 9.17) is 4.74 Å². The van der Waals surface area contributed by atoms with Gasteiger partial charge in [0.25, 0.3) is 0 Å². The molecule has 106 valence electrons. The minimum absolute atomic E-state index is 0.234. The zero-order chi connectivity index (χ0) is 14.3. The Hall–Kier alpha value is -1.97. The Morgan fingerprint density at radius 1 is 1.40 bits per heavy atom. The van der Waals surface area contributed by atoms with Crippen LogP contribution in [0.5, 0.6) is 0 Å². The molecule has 1 N–H and O–H groups in total. The third-order valence-corrected chi connectivity index (χ3v) is 4.17. The predicted molar refractivity (Wildman–Crippen MR) is 78.8 cm³/mol. The highest BCUT2D eigenvalue weighted by Crippen LogP contribution is 2.38. The van der Waals surface area contributed by atoms with E-state index in [0.717, 1.165) is 17.6 Å². The molecule has 20 heavy (non-hydrogen) atoms. The lowest BCUT2D eigenvalue weighted by molar-refractivity contribution is 0.0578. The van der Waals surface area contributed by atoms with E-state index in [9.17, 15) is 4.79 Å². The molecule has 0 saturated carbocycles. The van der Waals surface area contributed by atoms with Gasteiger partial charge >= 0.3 is 6.09 Å². The molecule has 0 spiro atoms. The van der Waals surface area contributed by atoms with Gasteiger partial charge in [-0.05, 0) is 38.8 Å². The number of nitrogens with zero attached hydrogens (tertiary/aromatic N) is 1. The Balaban J connectivity index is 2.08. The summed E-state index contributed by atoms with van der Waals surface area (Å²) < 4.78 is 5.18. The monoisotopic (exact) mass is 272 g/mol. The number of ether oxygens (including phenoxy) is 1. The Kier molecular flexibility index (Phi) is 2.96. The quantitative estimate of drug-likeness (QED) is 0.864. The molecule has 2 aromatic rings. The summed E-state index contributed by atoms with van der Waals surface area (Å²) in [5.41, 5.74) is 3.21. The third kappa shape index (κ3) is 1.79. The number of fused-ring (bicyclic) bond motifs is 3. The normalized spacial score (nSPS) is 17.1. The van der Waals surface area contributed by atoms with Gasteiger partial charge in [0.1, 0.15) is 0 Å². The average molecular weight is 272 g/mol. The van der Waals surface area contributed by atoms with Gasteiger partial charge in [0.2, 0.25) is 0 Å². The summed E-state index contributed by atoms with van der Waals surface area (Å²) in [6, 6.07) is 8.31. The van der Waals surface area contributed by atoms with Crippen LogP contribution in [0.3, 0.4) is 0 Å². The van der Waals surface area contributed by atoms with Crippen molar-refractivity contribution in [1.29, 1.82) is 0 Å². The van der Waals surface area contributed by atoms with Gasteiger partial charge in [-0.15, -0.1) is 0 Å². The molecule has 0 fully saturated rings. The first kappa shape index (κ1) is 13.0. The maximum atomic E-state index is 12.1. The molecular formula is C16H20N2O2. The highest BCUT2D eigenvalue weighted by Gasteiger charge is 2.40. The van der Waals surface area contributed by atoms with Gasteiger partial charge in [0.05, 0.1) is 12.1 Å². The zero-order valence-corrected chi connectivity index (χ0v) is 12.2. The van der Waals surface area contributed by atoms with E-state index < -0.39 is 0 Å². The molecule has 4 nitrogen and oxygen atoms in total. The molecule has 1 aromatic heterocycles. The van der Waals surface area contributed by atoms with Crippen molar-refractivity contribution in [2.45, 2.75) is 32.7 Å². The number of carbonyl (C=O) groups is 1. The van der Waals surface area contributed by atoms with Gasteiger partial charge in [0.15, 0.2) is 0 Å². The van der Waals surface area contributed by atoms with Crippen LogP contribution in [0.25, 0.3) is 10.9 Å². The fourth-order valence-corrected chi connectivity index (χ4v) is 3.14. The van der Waals surface area contributed by atoms with E-state index in [1.54, 1.807) is 0 Å². The second-order valence-electron chi connectivity index (χ2n) is 5.68. The first-order chi connectivity index (χ1) is 9.55. The van der Waals surface area contributed by atoms with Crippen molar-refractivity contribution < 1.29 is 9.53 Å². The number of hydrogen-bond donors (Lipinski definition) is 1. The van der Waals surface area contributed by atoms with E-state index in [1.807, 2.05) is 17.9 Å². The molecule has 0 bridgehead atoms. The van der Waals surface area contributed by atoms with Crippen molar-refractivity contribution in [2.75, 3.05) is 13.2 Å². The van der Waals surface area contributed by atoms with Crippen LogP contribution in [-0.2, 0) is 16.7 Å². The number of H-pyrrole nitrogens is 1. The Morgan fingerprint density at radius 2 is 2.15 bits per heavy atom. The van der Waals surface area contributed by atoms with Gasteiger partial charge in [0, 0.05) is 23.1 Å². The molecule has 1 amide bonds. The summed E-state index contributed by atoms with van der Waals surface area (Å²) in [5, 5.41) is 1.26. The number of para-hydroxylation sites is 1. The fourth-order valence-electron chi connectivity index (χ4n) is 3.14. The van der Waals surface area contributed by atoms with E-state index in [0.29, 0.717) is 13.2 Å². The lowest BCUT2D eigenvalue weighted by Gasteiger charge is -2.41. The molecule has 0 unspecified atom stereocenters. The Bertz CT molecular complexity index is 658. The lowest BCUT2D eigenvalue weighted by atomic mass is 9.88. The van der Waals surface area contributed by atoms with Crippen molar-refractivity contribution in [3.8, 4) is 0 Å². The van der Waals surface area contributed by atoms with Crippen molar-refractivity contribution in [3.63, 3.8) is 0 Å². The predicted octanol–water partition coefficient (Wildman–Crippen LogP) is 3.42. The molecule has 1 aromatic carbocycles. The van der Waals surface area contributed by atoms with Crippen molar-refractivity contribution in [3.05, 3.63) is 35.5 Å². The smallest absolute Gasteiger partial charge is 0.410 e. The lowest BCUT2D eigenvalue weighted by Crippen LogP contribution is -2.50. The van der Waals surface area contributed by atoms with Crippen LogP contribution in [0.2, 0.25) is 0 Å². The second kappa shape index (κ2) is 4.54. The number of aromatic nitrogens is 1. The number of amides is 1. The number of carbonyl (C=O) groups excluding carboxylic acids is 1. The van der Waals surface area contributed by atoms with Gasteiger partial charge in [-0.2, -0.15) is 0 Å². The standard InChI is InChI=1S/C16H20N2O2/c1-4-20-15(19)18-10-9-12-11-7-5-6-8-13(11)17-14(12)16(18,2)3/h5-8,17H,4,9-10H2,1-3H3. The third-order valence-electron chi connectivity index (χ3n) is 4.17. The van der Waals surface area contributed by atoms with Crippen molar-refractivity contribution >= 4 is 17.0 Å². The van der Waals surface area contributed by atoms with Crippen LogP contribution in [-0.4, -0.2) is 29.1 Å². The second-order valence-corrected chi connectivity index (χ2v) is 5.68. The minimum atomic E-state index is -0.376. The molecule has 2 heterocycles. The van der Waals surface area contributed by atoms with Crippen LogP contribution in [0.1, 0.15) is 32.0 Å². The van der Waals surface area contributed by atoms with Gasteiger partial charge < -0.3 is 9.72 Å². The average Bonchev–Trinajstić information content (AvgIpc) is 2.79. The largest absolute Gasteiger partial charge is 0.450 e. The minimum Gasteiger partial charge on any atom is -0.450 e. The number of nitrogens with one attached hydrogen (secondary N) is 1. The summed E-state index contributed by atoms with van der Waals surface area (Å²) >= 11 is 0. The summed E-state index contributed by atoms with van der Waals surface area (Å²) in [5.74, 6) is 0. The molecule has 3 rings (SSSR count). The number of benzene rings is 1. The van der Waals surface area contributed by atoms with Gasteiger partial charge in [-0.25, -0.2) is 4.79 Å². The topological polar surface area (TPSA) is 45.3 Å². The SMILES string of the molecule is CCOC(=O)N1CCc2c([nH]c3ccccc23)C1(C)C. The highest BCUT2D eigenvalue weighted by molar-refractivity contribution is 5.86. The Labute approximate surface area is 118 Å². The highest BCUT2D eigenvalue weighted by atomic mass is 16.6. The van der Waals surface area contributed by atoms with Crippen LogP contribution in [0, 0.1) is 0 Å². The fraction of sp³-hybridized carbons (Fsp3) is 0.438. The maximum Gasteiger partial charge on any atom is 0.410 e. The van der Waals surface area contributed by atoms with Crippen molar-refractivity contribution in [2.24, 2.45) is 0 Å². The molecule has 1 aliphatic rings. The summed E-state index contributed by atoms with van der Waals surface area (Å²) in [7, 11) is 0. The van der Waals surface area contributed by atoms with Crippen LogP contribution in [0.15, 0.2) is 24.3 Å².